The van der Waals surface area contributed by atoms with Crippen LogP contribution in [-0.2, 0) is 0 Å². The van der Waals surface area contributed by atoms with Gasteiger partial charge in [-0.3, -0.25) is 0 Å². The van der Waals surface area contributed by atoms with Gasteiger partial charge in [-0.15, -0.1) is 0 Å². The molecule has 25 heavy (non-hydrogen) atoms. The van der Waals surface area contributed by atoms with Crippen LogP contribution in [0.5, 0.6) is 11.5 Å². The van der Waals surface area contributed by atoms with E-state index >= 15 is 0 Å². The third-order valence-corrected chi connectivity index (χ3v) is 3.15. The summed E-state index contributed by atoms with van der Waals surface area (Å²) in [6.45, 7) is 4.16. The third kappa shape index (κ3) is 5.35. The van der Waals surface area contributed by atoms with Crippen molar-refractivity contribution in [2.75, 3.05) is 6.61 Å². The zero-order chi connectivity index (χ0) is 18.2. The quantitative estimate of drug-likeness (QED) is 0.365. The molecule has 0 bridgehead atoms. The number of ether oxygens (including phenoxy) is 2. The van der Waals surface area contributed by atoms with E-state index in [9.17, 15) is 9.59 Å². The molecular weight excluding hydrogens is 322 g/mol. The van der Waals surface area contributed by atoms with Gasteiger partial charge in [-0.25, -0.2) is 15.0 Å². The van der Waals surface area contributed by atoms with Crippen molar-refractivity contribution >= 4 is 18.2 Å². The molecule has 0 aliphatic heterocycles. The number of carbonyl (C=O) groups is 2. The second kappa shape index (κ2) is 8.49. The molecule has 0 saturated heterocycles. The molecule has 2 aromatic carbocycles. The van der Waals surface area contributed by atoms with Gasteiger partial charge >= 0.3 is 12.0 Å². The Balaban J connectivity index is 2.18. The van der Waals surface area contributed by atoms with Crippen molar-refractivity contribution in [1.29, 1.82) is 0 Å². The first-order chi connectivity index (χ1) is 12.0. The zero-order valence-corrected chi connectivity index (χ0v) is 14.0. The lowest BCUT2D eigenvalue weighted by Gasteiger charge is -2.11. The number of nitrogens with zero attached hydrogens (tertiary/aromatic N) is 1. The van der Waals surface area contributed by atoms with Gasteiger partial charge in [0, 0.05) is 0 Å². The number of urea groups is 1. The summed E-state index contributed by atoms with van der Waals surface area (Å²) in [6, 6.07) is 11.2. The molecule has 0 aromatic heterocycles. The van der Waals surface area contributed by atoms with E-state index in [0.717, 1.165) is 5.56 Å². The van der Waals surface area contributed by atoms with Gasteiger partial charge in [0.05, 0.1) is 18.4 Å². The Bertz CT molecular complexity index is 785. The topological polar surface area (TPSA) is 103 Å². The fourth-order valence-corrected chi connectivity index (χ4v) is 1.98. The normalized spacial score (nSPS) is 10.5. The Morgan fingerprint density at radius 1 is 1.16 bits per heavy atom. The average Bonchev–Trinajstić information content (AvgIpc) is 2.57. The number of rotatable bonds is 6. The maximum absolute atomic E-state index is 12.2. The van der Waals surface area contributed by atoms with Crippen LogP contribution in [0.1, 0.15) is 28.4 Å². The molecule has 0 aliphatic rings. The molecule has 2 aromatic rings. The minimum atomic E-state index is -0.759. The van der Waals surface area contributed by atoms with E-state index in [1.807, 2.05) is 26.0 Å². The summed E-state index contributed by atoms with van der Waals surface area (Å²) in [5.74, 6) is 0.219. The summed E-state index contributed by atoms with van der Waals surface area (Å²) in [5.41, 5.74) is 9.18. The predicted molar refractivity (Wildman–Crippen MR) is 94.1 cm³/mol. The van der Waals surface area contributed by atoms with Gasteiger partial charge in [0.2, 0.25) is 0 Å². The van der Waals surface area contributed by atoms with E-state index < -0.39 is 12.0 Å². The standard InChI is InChI=1S/C18H19N3O4/c1-3-24-16-10-13(11-20-21-18(19)23)6-9-15(16)25-17(22)14-7-4-12(2)5-8-14/h4-11H,3H2,1-2H3,(H3,19,21,23)/b20-11-. The molecule has 0 unspecified atom stereocenters. The number of hydrogen-bond donors (Lipinski definition) is 2. The second-order valence-corrected chi connectivity index (χ2v) is 5.13. The smallest absolute Gasteiger partial charge is 0.343 e. The molecular formula is C18H19N3O4. The van der Waals surface area contributed by atoms with Crippen LogP contribution in [0.4, 0.5) is 4.79 Å². The first-order valence-corrected chi connectivity index (χ1v) is 7.63. The molecule has 2 amide bonds. The molecule has 0 heterocycles. The average molecular weight is 341 g/mol. The summed E-state index contributed by atoms with van der Waals surface area (Å²) in [4.78, 5) is 22.9. The van der Waals surface area contributed by atoms with Crippen LogP contribution < -0.4 is 20.6 Å². The molecule has 0 saturated carbocycles. The van der Waals surface area contributed by atoms with Gasteiger partial charge in [0.25, 0.3) is 0 Å². The Hall–Kier alpha value is -3.35. The Morgan fingerprint density at radius 3 is 2.52 bits per heavy atom. The number of nitrogens with two attached hydrogens (primary N) is 1. The first-order valence-electron chi connectivity index (χ1n) is 7.63. The Morgan fingerprint density at radius 2 is 1.88 bits per heavy atom. The molecule has 0 aliphatic carbocycles. The first kappa shape index (κ1) is 18.0. The van der Waals surface area contributed by atoms with Crippen molar-refractivity contribution in [3.8, 4) is 11.5 Å². The van der Waals surface area contributed by atoms with Crippen LogP contribution in [0.2, 0.25) is 0 Å². The number of nitrogens with one attached hydrogen (secondary N) is 1. The van der Waals surface area contributed by atoms with E-state index in [1.165, 1.54) is 6.21 Å². The maximum Gasteiger partial charge on any atom is 0.343 e. The van der Waals surface area contributed by atoms with Gasteiger partial charge < -0.3 is 15.2 Å². The van der Waals surface area contributed by atoms with Crippen molar-refractivity contribution in [3.63, 3.8) is 0 Å². The summed E-state index contributed by atoms with van der Waals surface area (Å²) < 4.78 is 10.9. The van der Waals surface area contributed by atoms with Crippen LogP contribution in [-0.4, -0.2) is 24.8 Å². The van der Waals surface area contributed by atoms with E-state index in [2.05, 4.69) is 10.5 Å². The minimum Gasteiger partial charge on any atom is -0.490 e. The van der Waals surface area contributed by atoms with Crippen molar-refractivity contribution in [1.82, 2.24) is 5.43 Å². The molecule has 0 atom stereocenters. The van der Waals surface area contributed by atoms with Crippen molar-refractivity contribution in [2.45, 2.75) is 13.8 Å². The molecule has 7 heteroatoms. The highest BCUT2D eigenvalue weighted by Gasteiger charge is 2.13. The monoisotopic (exact) mass is 341 g/mol. The highest BCUT2D eigenvalue weighted by molar-refractivity contribution is 5.91. The third-order valence-electron chi connectivity index (χ3n) is 3.15. The van der Waals surface area contributed by atoms with Crippen LogP contribution in [0.25, 0.3) is 0 Å². The van der Waals surface area contributed by atoms with Crippen molar-refractivity contribution < 1.29 is 19.1 Å². The number of primary amides is 1. The van der Waals surface area contributed by atoms with E-state index in [1.54, 1.807) is 30.3 Å². The van der Waals surface area contributed by atoms with E-state index in [4.69, 9.17) is 15.2 Å². The van der Waals surface area contributed by atoms with Gasteiger partial charge in [0.15, 0.2) is 11.5 Å². The Kier molecular flexibility index (Phi) is 6.11. The molecule has 0 fully saturated rings. The Labute approximate surface area is 145 Å². The number of amides is 2. The fourth-order valence-electron chi connectivity index (χ4n) is 1.98. The summed E-state index contributed by atoms with van der Waals surface area (Å²) in [6.07, 6.45) is 1.40. The molecule has 0 radical (unpaired) electrons. The van der Waals surface area contributed by atoms with Gasteiger partial charge in [0.1, 0.15) is 0 Å². The van der Waals surface area contributed by atoms with Gasteiger partial charge in [-0.05, 0) is 49.7 Å². The molecule has 130 valence electrons. The molecule has 3 N–H and O–H groups in total. The van der Waals surface area contributed by atoms with Crippen LogP contribution in [0, 0.1) is 6.92 Å². The fraction of sp³-hybridized carbons (Fsp3) is 0.167. The van der Waals surface area contributed by atoms with E-state index in [-0.39, 0.29) is 0 Å². The van der Waals surface area contributed by atoms with Gasteiger partial charge in [-0.1, -0.05) is 17.7 Å². The number of carbonyl (C=O) groups excluding carboxylic acids is 2. The molecule has 0 spiro atoms. The highest BCUT2D eigenvalue weighted by atomic mass is 16.6. The van der Waals surface area contributed by atoms with Crippen molar-refractivity contribution in [2.24, 2.45) is 10.8 Å². The van der Waals surface area contributed by atoms with Gasteiger partial charge in [-0.2, -0.15) is 5.10 Å². The number of benzene rings is 2. The predicted octanol–water partition coefficient (Wildman–Crippen LogP) is 2.62. The summed E-state index contributed by atoms with van der Waals surface area (Å²) in [7, 11) is 0. The number of esters is 1. The number of aryl methyl sites for hydroxylation is 1. The molecule has 7 nitrogen and oxygen atoms in total. The van der Waals surface area contributed by atoms with Crippen LogP contribution in [0.3, 0.4) is 0 Å². The number of hydrogen-bond acceptors (Lipinski definition) is 5. The van der Waals surface area contributed by atoms with Crippen molar-refractivity contribution in [3.05, 3.63) is 59.2 Å². The zero-order valence-electron chi connectivity index (χ0n) is 14.0. The summed E-state index contributed by atoms with van der Waals surface area (Å²) >= 11 is 0. The summed E-state index contributed by atoms with van der Waals surface area (Å²) in [5, 5.41) is 3.68. The minimum absolute atomic E-state index is 0.299. The lowest BCUT2D eigenvalue weighted by atomic mass is 10.1. The SMILES string of the molecule is CCOc1cc(/C=N\NC(N)=O)ccc1OC(=O)c1ccc(C)cc1. The largest absolute Gasteiger partial charge is 0.490 e. The van der Waals surface area contributed by atoms with E-state index in [0.29, 0.717) is 29.2 Å². The lowest BCUT2D eigenvalue weighted by molar-refractivity contribution is 0.0728. The lowest BCUT2D eigenvalue weighted by Crippen LogP contribution is -2.24. The maximum atomic E-state index is 12.2. The second-order valence-electron chi connectivity index (χ2n) is 5.13. The number of hydrazone groups is 1. The highest BCUT2D eigenvalue weighted by Crippen LogP contribution is 2.29. The van der Waals surface area contributed by atoms with Crippen LogP contribution >= 0.6 is 0 Å². The van der Waals surface area contributed by atoms with Crippen LogP contribution in [0.15, 0.2) is 47.6 Å². The molecule has 2 rings (SSSR count).